The van der Waals surface area contributed by atoms with Crippen molar-refractivity contribution in [3.05, 3.63) is 35.4 Å². The Labute approximate surface area is 96.4 Å². The summed E-state index contributed by atoms with van der Waals surface area (Å²) in [7, 11) is 0. The largest absolute Gasteiger partial charge is 0.313 e. The predicted octanol–water partition coefficient (Wildman–Crippen LogP) is 3.48. The first kappa shape index (κ1) is 10.9. The van der Waals surface area contributed by atoms with Crippen molar-refractivity contribution in [1.29, 1.82) is 10.7 Å². The van der Waals surface area contributed by atoms with Crippen molar-refractivity contribution in [2.75, 3.05) is 0 Å². The second-order valence-electron chi connectivity index (χ2n) is 4.51. The van der Waals surface area contributed by atoms with Crippen LogP contribution in [-0.2, 0) is 0 Å². The molecule has 1 aromatic rings. The first-order valence-electron chi connectivity index (χ1n) is 5.84. The maximum atomic E-state index is 8.73. The van der Waals surface area contributed by atoms with E-state index in [1.807, 2.05) is 12.1 Å². The Balaban J connectivity index is 2.03. The fourth-order valence-corrected chi connectivity index (χ4v) is 2.45. The standard InChI is InChI=1S/C14H16N2/c15-9-11-1-5-13(6-2-11)14-7-3-12(10-16)4-8-14/h1-2,5-6,10,12,14,16H,3-4,7-8H2. The third-order valence-electron chi connectivity index (χ3n) is 3.52. The Morgan fingerprint density at radius 2 is 1.75 bits per heavy atom. The molecule has 1 aliphatic rings. The molecule has 16 heavy (non-hydrogen) atoms. The fraction of sp³-hybridized carbons (Fsp3) is 0.429. The van der Waals surface area contributed by atoms with Crippen LogP contribution in [0.5, 0.6) is 0 Å². The maximum absolute atomic E-state index is 8.73. The Bertz CT molecular complexity index is 392. The first-order valence-corrected chi connectivity index (χ1v) is 5.84. The predicted molar refractivity (Wildman–Crippen MR) is 64.6 cm³/mol. The van der Waals surface area contributed by atoms with Gasteiger partial charge in [0.2, 0.25) is 0 Å². The van der Waals surface area contributed by atoms with Crippen LogP contribution in [-0.4, -0.2) is 6.21 Å². The molecule has 0 aliphatic heterocycles. The number of nitrogens with zero attached hydrogens (tertiary/aromatic N) is 1. The second kappa shape index (κ2) is 4.94. The lowest BCUT2D eigenvalue weighted by Crippen LogP contribution is -2.13. The van der Waals surface area contributed by atoms with Crippen molar-refractivity contribution in [3.63, 3.8) is 0 Å². The van der Waals surface area contributed by atoms with Crippen LogP contribution in [0.4, 0.5) is 0 Å². The molecule has 0 spiro atoms. The van der Waals surface area contributed by atoms with E-state index in [1.54, 1.807) is 6.21 Å². The molecule has 0 heterocycles. The molecule has 0 unspecified atom stereocenters. The summed E-state index contributed by atoms with van der Waals surface area (Å²) in [6.45, 7) is 0. The second-order valence-corrected chi connectivity index (χ2v) is 4.51. The first-order chi connectivity index (χ1) is 7.83. The minimum absolute atomic E-state index is 0.495. The van der Waals surface area contributed by atoms with Gasteiger partial charge in [0, 0.05) is 0 Å². The van der Waals surface area contributed by atoms with Crippen LogP contribution in [0.15, 0.2) is 24.3 Å². The molecule has 2 nitrogen and oxygen atoms in total. The quantitative estimate of drug-likeness (QED) is 0.749. The molecule has 82 valence electrons. The fourth-order valence-electron chi connectivity index (χ4n) is 2.45. The third kappa shape index (κ3) is 2.30. The molecule has 1 saturated carbocycles. The molecule has 1 N–H and O–H groups in total. The highest BCUT2D eigenvalue weighted by molar-refractivity contribution is 5.56. The highest BCUT2D eigenvalue weighted by Crippen LogP contribution is 2.34. The van der Waals surface area contributed by atoms with Gasteiger partial charge in [-0.25, -0.2) is 0 Å². The van der Waals surface area contributed by atoms with Crippen molar-refractivity contribution >= 4 is 6.21 Å². The molecule has 1 aromatic carbocycles. The zero-order valence-corrected chi connectivity index (χ0v) is 9.32. The van der Waals surface area contributed by atoms with Gasteiger partial charge in [0.05, 0.1) is 11.6 Å². The molecule has 2 heteroatoms. The molecule has 0 saturated heterocycles. The minimum Gasteiger partial charge on any atom is -0.313 e. The number of nitrogens with one attached hydrogen (secondary N) is 1. The highest BCUT2D eigenvalue weighted by atomic mass is 14.4. The van der Waals surface area contributed by atoms with Crippen molar-refractivity contribution in [1.82, 2.24) is 0 Å². The zero-order chi connectivity index (χ0) is 11.4. The lowest BCUT2D eigenvalue weighted by Gasteiger charge is -2.26. The Kier molecular flexibility index (Phi) is 3.36. The summed E-state index contributed by atoms with van der Waals surface area (Å²) in [6.07, 6.45) is 6.20. The van der Waals surface area contributed by atoms with E-state index in [2.05, 4.69) is 18.2 Å². The van der Waals surface area contributed by atoms with Crippen molar-refractivity contribution in [2.45, 2.75) is 31.6 Å². The van der Waals surface area contributed by atoms with E-state index >= 15 is 0 Å². The van der Waals surface area contributed by atoms with Gasteiger partial charge in [-0.15, -0.1) is 0 Å². The zero-order valence-electron chi connectivity index (χ0n) is 9.32. The van der Waals surface area contributed by atoms with Gasteiger partial charge >= 0.3 is 0 Å². The van der Waals surface area contributed by atoms with E-state index in [1.165, 1.54) is 18.4 Å². The van der Waals surface area contributed by atoms with Gasteiger partial charge in [-0.3, -0.25) is 0 Å². The van der Waals surface area contributed by atoms with Gasteiger partial charge in [0.1, 0.15) is 0 Å². The van der Waals surface area contributed by atoms with E-state index in [4.69, 9.17) is 10.7 Å². The summed E-state index contributed by atoms with van der Waals surface area (Å²) < 4.78 is 0. The number of benzene rings is 1. The molecule has 1 fully saturated rings. The van der Waals surface area contributed by atoms with E-state index in [-0.39, 0.29) is 0 Å². The minimum atomic E-state index is 0.495. The average Bonchev–Trinajstić information content (AvgIpc) is 2.39. The van der Waals surface area contributed by atoms with Gasteiger partial charge in [-0.05, 0) is 61.4 Å². The van der Waals surface area contributed by atoms with E-state index in [0.717, 1.165) is 18.4 Å². The molecular weight excluding hydrogens is 196 g/mol. The van der Waals surface area contributed by atoms with Crippen LogP contribution in [0.3, 0.4) is 0 Å². The number of hydrogen-bond donors (Lipinski definition) is 1. The van der Waals surface area contributed by atoms with E-state index in [0.29, 0.717) is 11.8 Å². The summed E-state index contributed by atoms with van der Waals surface area (Å²) in [5.41, 5.74) is 2.08. The molecule has 0 radical (unpaired) electrons. The Morgan fingerprint density at radius 3 is 2.25 bits per heavy atom. The lowest BCUT2D eigenvalue weighted by atomic mass is 9.79. The molecule has 0 aromatic heterocycles. The Morgan fingerprint density at radius 1 is 1.12 bits per heavy atom. The number of rotatable bonds is 2. The van der Waals surface area contributed by atoms with Crippen molar-refractivity contribution < 1.29 is 0 Å². The van der Waals surface area contributed by atoms with Gasteiger partial charge in [0.25, 0.3) is 0 Å². The summed E-state index contributed by atoms with van der Waals surface area (Å²) in [5, 5.41) is 16.0. The van der Waals surface area contributed by atoms with Gasteiger partial charge in [-0.1, -0.05) is 12.1 Å². The summed E-state index contributed by atoms with van der Waals surface area (Å²) in [4.78, 5) is 0. The normalized spacial score (nSPS) is 24.7. The maximum Gasteiger partial charge on any atom is 0.0991 e. The van der Waals surface area contributed by atoms with Crippen molar-refractivity contribution in [3.8, 4) is 6.07 Å². The molecular formula is C14H16N2. The molecule has 1 aliphatic carbocycles. The van der Waals surface area contributed by atoms with Gasteiger partial charge < -0.3 is 5.41 Å². The third-order valence-corrected chi connectivity index (χ3v) is 3.52. The Hall–Kier alpha value is -1.62. The SMILES string of the molecule is N#Cc1ccc(C2CCC(C=N)CC2)cc1. The van der Waals surface area contributed by atoms with E-state index < -0.39 is 0 Å². The number of hydrogen-bond acceptors (Lipinski definition) is 2. The summed E-state index contributed by atoms with van der Waals surface area (Å²) >= 11 is 0. The smallest absolute Gasteiger partial charge is 0.0991 e. The van der Waals surface area contributed by atoms with Gasteiger partial charge in [-0.2, -0.15) is 5.26 Å². The van der Waals surface area contributed by atoms with Crippen LogP contribution >= 0.6 is 0 Å². The monoisotopic (exact) mass is 212 g/mol. The van der Waals surface area contributed by atoms with Crippen LogP contribution in [0.25, 0.3) is 0 Å². The van der Waals surface area contributed by atoms with Crippen LogP contribution < -0.4 is 0 Å². The topological polar surface area (TPSA) is 47.6 Å². The number of nitriles is 1. The molecule has 2 rings (SSSR count). The van der Waals surface area contributed by atoms with Crippen molar-refractivity contribution in [2.24, 2.45) is 5.92 Å². The summed E-state index contributed by atoms with van der Waals surface area (Å²) in [6, 6.07) is 10.1. The van der Waals surface area contributed by atoms with Crippen LogP contribution in [0.2, 0.25) is 0 Å². The highest BCUT2D eigenvalue weighted by Gasteiger charge is 2.20. The van der Waals surface area contributed by atoms with E-state index in [9.17, 15) is 0 Å². The summed E-state index contributed by atoms with van der Waals surface area (Å²) in [5.74, 6) is 1.12. The lowest BCUT2D eigenvalue weighted by molar-refractivity contribution is 0.396. The molecule has 0 atom stereocenters. The van der Waals surface area contributed by atoms with Crippen LogP contribution in [0.1, 0.15) is 42.7 Å². The molecule has 0 amide bonds. The van der Waals surface area contributed by atoms with Gasteiger partial charge in [0.15, 0.2) is 0 Å². The van der Waals surface area contributed by atoms with Crippen LogP contribution in [0, 0.1) is 22.7 Å². The average molecular weight is 212 g/mol. The molecule has 0 bridgehead atoms.